The van der Waals surface area contributed by atoms with Gasteiger partial charge in [0.2, 0.25) is 11.8 Å². The molecule has 6 heteroatoms. The summed E-state index contributed by atoms with van der Waals surface area (Å²) in [6.45, 7) is 3.33. The molecule has 0 bridgehead atoms. The summed E-state index contributed by atoms with van der Waals surface area (Å²) in [5.74, 6) is -0.349. The second-order valence-electron chi connectivity index (χ2n) is 7.36. The first-order valence-electron chi connectivity index (χ1n) is 9.79. The topological polar surface area (TPSA) is 66.9 Å². The smallest absolute Gasteiger partial charge is 0.309 e. The number of rotatable bonds is 4. The van der Waals surface area contributed by atoms with Gasteiger partial charge in [0.1, 0.15) is 0 Å². The second kappa shape index (κ2) is 8.55. The molecular formula is C21H28N2O4. The summed E-state index contributed by atoms with van der Waals surface area (Å²) in [7, 11) is 1.78. The third kappa shape index (κ3) is 4.15. The highest BCUT2D eigenvalue weighted by molar-refractivity contribution is 5.85. The number of amides is 2. The van der Waals surface area contributed by atoms with Gasteiger partial charge in [0, 0.05) is 26.6 Å². The maximum absolute atomic E-state index is 13.3. The highest BCUT2D eigenvalue weighted by atomic mass is 16.5. The standard InChI is InChI=1S/C21H28N2O4/c1-3-27-21(26)16-11-13-23(14-12-16)20(25)17-9-10-18(24)22(2)19(17)15-7-5-4-6-8-15/h4-8,16-17,19H,3,9-14H2,1-2H3/t17-,19+/m1/s1. The molecular weight excluding hydrogens is 344 g/mol. The molecule has 0 aliphatic carbocycles. The van der Waals surface area contributed by atoms with E-state index in [1.54, 1.807) is 18.9 Å². The zero-order chi connectivity index (χ0) is 19.4. The molecule has 6 nitrogen and oxygen atoms in total. The summed E-state index contributed by atoms with van der Waals surface area (Å²) in [5.41, 5.74) is 0.993. The lowest BCUT2D eigenvalue weighted by Gasteiger charge is -2.41. The molecule has 27 heavy (non-hydrogen) atoms. The molecule has 1 aromatic carbocycles. The van der Waals surface area contributed by atoms with Crippen molar-refractivity contribution in [3.63, 3.8) is 0 Å². The van der Waals surface area contributed by atoms with Crippen LogP contribution >= 0.6 is 0 Å². The number of hydrogen-bond donors (Lipinski definition) is 0. The molecule has 0 aromatic heterocycles. The molecule has 0 spiro atoms. The monoisotopic (exact) mass is 372 g/mol. The van der Waals surface area contributed by atoms with Crippen LogP contribution in [0, 0.1) is 11.8 Å². The van der Waals surface area contributed by atoms with Crippen molar-refractivity contribution in [3.8, 4) is 0 Å². The molecule has 2 aliphatic heterocycles. The normalized spacial score (nSPS) is 24.0. The van der Waals surface area contributed by atoms with E-state index in [1.165, 1.54) is 0 Å². The molecule has 0 N–H and O–H groups in total. The van der Waals surface area contributed by atoms with E-state index >= 15 is 0 Å². The summed E-state index contributed by atoms with van der Waals surface area (Å²) >= 11 is 0. The predicted octanol–water partition coefficient (Wildman–Crippen LogP) is 2.40. The minimum atomic E-state index is -0.241. The van der Waals surface area contributed by atoms with Crippen LogP contribution in [0.25, 0.3) is 0 Å². The van der Waals surface area contributed by atoms with Crippen molar-refractivity contribution in [3.05, 3.63) is 35.9 Å². The first-order chi connectivity index (χ1) is 13.0. The zero-order valence-electron chi connectivity index (χ0n) is 16.1. The van der Waals surface area contributed by atoms with E-state index in [2.05, 4.69) is 0 Å². The van der Waals surface area contributed by atoms with Gasteiger partial charge in [0.05, 0.1) is 24.5 Å². The highest BCUT2D eigenvalue weighted by Gasteiger charge is 2.41. The van der Waals surface area contributed by atoms with Crippen molar-refractivity contribution in [1.29, 1.82) is 0 Å². The van der Waals surface area contributed by atoms with Crippen LogP contribution in [0.4, 0.5) is 0 Å². The molecule has 3 rings (SSSR count). The number of carbonyl (C=O) groups is 3. The van der Waals surface area contributed by atoms with E-state index in [0.29, 0.717) is 45.4 Å². The van der Waals surface area contributed by atoms with Gasteiger partial charge in [-0.05, 0) is 31.7 Å². The second-order valence-corrected chi connectivity index (χ2v) is 7.36. The molecule has 2 saturated heterocycles. The fraction of sp³-hybridized carbons (Fsp3) is 0.571. The van der Waals surface area contributed by atoms with Crippen LogP contribution < -0.4 is 0 Å². The van der Waals surface area contributed by atoms with Crippen LogP contribution in [-0.2, 0) is 19.1 Å². The van der Waals surface area contributed by atoms with Gasteiger partial charge in [-0.1, -0.05) is 30.3 Å². The predicted molar refractivity (Wildman–Crippen MR) is 101 cm³/mol. The van der Waals surface area contributed by atoms with Gasteiger partial charge in [-0.2, -0.15) is 0 Å². The summed E-state index contributed by atoms with van der Waals surface area (Å²) in [4.78, 5) is 41.0. The molecule has 1 aromatic rings. The maximum Gasteiger partial charge on any atom is 0.309 e. The fourth-order valence-electron chi connectivity index (χ4n) is 4.23. The maximum atomic E-state index is 13.3. The largest absolute Gasteiger partial charge is 0.466 e. The van der Waals surface area contributed by atoms with Crippen LogP contribution in [0.1, 0.15) is 44.2 Å². The number of ether oxygens (including phenoxy) is 1. The number of esters is 1. The van der Waals surface area contributed by atoms with Crippen molar-refractivity contribution in [2.24, 2.45) is 11.8 Å². The van der Waals surface area contributed by atoms with E-state index in [4.69, 9.17) is 4.74 Å². The van der Waals surface area contributed by atoms with Crippen LogP contribution in [0.5, 0.6) is 0 Å². The van der Waals surface area contributed by atoms with Gasteiger partial charge in [0.15, 0.2) is 0 Å². The Kier molecular flexibility index (Phi) is 6.14. The van der Waals surface area contributed by atoms with Crippen LogP contribution in [0.3, 0.4) is 0 Å². The number of nitrogens with zero attached hydrogens (tertiary/aromatic N) is 2. The molecule has 2 aliphatic rings. The number of benzene rings is 1. The first kappa shape index (κ1) is 19.4. The van der Waals surface area contributed by atoms with Gasteiger partial charge < -0.3 is 14.5 Å². The minimum absolute atomic E-state index is 0.0777. The van der Waals surface area contributed by atoms with Crippen molar-refractivity contribution in [2.45, 2.75) is 38.6 Å². The number of likely N-dealkylation sites (tertiary alicyclic amines) is 2. The molecule has 2 amide bonds. The number of carbonyl (C=O) groups excluding carboxylic acids is 3. The molecule has 0 radical (unpaired) electrons. The van der Waals surface area contributed by atoms with Crippen LogP contribution in [0.2, 0.25) is 0 Å². The Morgan fingerprint density at radius 3 is 2.41 bits per heavy atom. The molecule has 2 fully saturated rings. The Hall–Kier alpha value is -2.37. The fourth-order valence-corrected chi connectivity index (χ4v) is 4.23. The van der Waals surface area contributed by atoms with E-state index in [0.717, 1.165) is 5.56 Å². The molecule has 0 unspecified atom stereocenters. The van der Waals surface area contributed by atoms with E-state index in [9.17, 15) is 14.4 Å². The average molecular weight is 372 g/mol. The Labute approximate surface area is 160 Å². The van der Waals surface area contributed by atoms with Gasteiger partial charge >= 0.3 is 5.97 Å². The Balaban J connectivity index is 1.71. The molecule has 2 atom stereocenters. The van der Waals surface area contributed by atoms with Gasteiger partial charge in [-0.25, -0.2) is 0 Å². The minimum Gasteiger partial charge on any atom is -0.466 e. The Morgan fingerprint density at radius 1 is 1.11 bits per heavy atom. The molecule has 146 valence electrons. The summed E-state index contributed by atoms with van der Waals surface area (Å²) in [6, 6.07) is 9.54. The summed E-state index contributed by atoms with van der Waals surface area (Å²) in [5, 5.41) is 0. The SMILES string of the molecule is CCOC(=O)C1CCN(C(=O)[C@@H]2CCC(=O)N(C)[C@H]2c2ccccc2)CC1. The van der Waals surface area contributed by atoms with Crippen LogP contribution in [0.15, 0.2) is 30.3 Å². The first-order valence-corrected chi connectivity index (χ1v) is 9.79. The zero-order valence-corrected chi connectivity index (χ0v) is 16.1. The van der Waals surface area contributed by atoms with Crippen molar-refractivity contribution in [2.75, 3.05) is 26.7 Å². The van der Waals surface area contributed by atoms with Crippen molar-refractivity contribution in [1.82, 2.24) is 9.80 Å². The van der Waals surface area contributed by atoms with E-state index in [1.807, 2.05) is 35.2 Å². The third-order valence-electron chi connectivity index (χ3n) is 5.75. The summed E-state index contributed by atoms with van der Waals surface area (Å²) < 4.78 is 5.11. The average Bonchev–Trinajstić information content (AvgIpc) is 2.70. The number of hydrogen-bond acceptors (Lipinski definition) is 4. The Bertz CT molecular complexity index is 683. The van der Waals surface area contributed by atoms with Gasteiger partial charge in [0.25, 0.3) is 0 Å². The Morgan fingerprint density at radius 2 is 1.78 bits per heavy atom. The van der Waals surface area contributed by atoms with Crippen molar-refractivity contribution < 1.29 is 19.1 Å². The lowest BCUT2D eigenvalue weighted by atomic mass is 9.83. The summed E-state index contributed by atoms with van der Waals surface area (Å²) in [6.07, 6.45) is 2.25. The lowest BCUT2D eigenvalue weighted by molar-refractivity contribution is -0.154. The van der Waals surface area contributed by atoms with Crippen LogP contribution in [-0.4, -0.2) is 54.3 Å². The van der Waals surface area contributed by atoms with Gasteiger partial charge in [-0.3, -0.25) is 14.4 Å². The lowest BCUT2D eigenvalue weighted by Crippen LogP contribution is -2.49. The third-order valence-corrected chi connectivity index (χ3v) is 5.75. The quantitative estimate of drug-likeness (QED) is 0.761. The van der Waals surface area contributed by atoms with Crippen molar-refractivity contribution >= 4 is 17.8 Å². The van der Waals surface area contributed by atoms with E-state index < -0.39 is 0 Å². The molecule has 2 heterocycles. The highest BCUT2D eigenvalue weighted by Crippen LogP contribution is 2.37. The number of piperidine rings is 2. The van der Waals surface area contributed by atoms with Gasteiger partial charge in [-0.15, -0.1) is 0 Å². The molecule has 0 saturated carbocycles. The van der Waals surface area contributed by atoms with E-state index in [-0.39, 0.29) is 35.7 Å².